The lowest BCUT2D eigenvalue weighted by atomic mass is 10.1. The molecule has 0 saturated heterocycles. The minimum Gasteiger partial charge on any atom is -0.457 e. The summed E-state index contributed by atoms with van der Waals surface area (Å²) in [5.74, 6) is 1.49. The van der Waals surface area contributed by atoms with Gasteiger partial charge in [0, 0.05) is 11.3 Å². The molecule has 0 aliphatic rings. The highest BCUT2D eigenvalue weighted by atomic mass is 16.5. The van der Waals surface area contributed by atoms with Crippen molar-refractivity contribution in [3.05, 3.63) is 89.0 Å². The molecule has 1 N–H and O–H groups in total. The SMILES string of the molecule is Cc1ccc(C(=O)Nc2ccc(Oc3c(C)cccc3C)cc2)cc1. The molecule has 0 aliphatic carbocycles. The van der Waals surface area contributed by atoms with E-state index in [4.69, 9.17) is 4.74 Å². The van der Waals surface area contributed by atoms with Gasteiger partial charge < -0.3 is 10.1 Å². The van der Waals surface area contributed by atoms with Crippen LogP contribution in [0.5, 0.6) is 11.5 Å². The lowest BCUT2D eigenvalue weighted by molar-refractivity contribution is 0.102. The first-order valence-corrected chi connectivity index (χ1v) is 8.25. The number of aryl methyl sites for hydroxylation is 3. The second-order valence-corrected chi connectivity index (χ2v) is 6.17. The Hall–Kier alpha value is -3.07. The highest BCUT2D eigenvalue weighted by molar-refractivity contribution is 6.04. The quantitative estimate of drug-likeness (QED) is 0.670. The molecule has 0 saturated carbocycles. The zero-order valence-electron chi connectivity index (χ0n) is 14.7. The van der Waals surface area contributed by atoms with E-state index >= 15 is 0 Å². The molecule has 3 heteroatoms. The molecule has 3 nitrogen and oxygen atoms in total. The van der Waals surface area contributed by atoms with Gasteiger partial charge in [0.2, 0.25) is 0 Å². The number of para-hydroxylation sites is 1. The molecule has 0 bridgehead atoms. The van der Waals surface area contributed by atoms with Crippen LogP contribution in [0, 0.1) is 20.8 Å². The number of hydrogen-bond donors (Lipinski definition) is 1. The van der Waals surface area contributed by atoms with Crippen molar-refractivity contribution in [1.29, 1.82) is 0 Å². The highest BCUT2D eigenvalue weighted by Gasteiger charge is 2.07. The number of nitrogens with one attached hydrogen (secondary N) is 1. The summed E-state index contributed by atoms with van der Waals surface area (Å²) in [6.07, 6.45) is 0. The van der Waals surface area contributed by atoms with E-state index in [9.17, 15) is 4.79 Å². The molecule has 0 aliphatic heterocycles. The monoisotopic (exact) mass is 331 g/mol. The van der Waals surface area contributed by atoms with Crippen molar-refractivity contribution in [1.82, 2.24) is 0 Å². The zero-order valence-corrected chi connectivity index (χ0v) is 14.7. The number of rotatable bonds is 4. The molecule has 3 aromatic carbocycles. The van der Waals surface area contributed by atoms with Crippen LogP contribution in [0.3, 0.4) is 0 Å². The minimum atomic E-state index is -0.122. The number of amides is 1. The Labute approximate surface area is 148 Å². The number of carbonyl (C=O) groups is 1. The fourth-order valence-electron chi connectivity index (χ4n) is 2.59. The summed E-state index contributed by atoms with van der Waals surface area (Å²) < 4.78 is 5.98. The van der Waals surface area contributed by atoms with E-state index in [2.05, 4.69) is 5.32 Å². The van der Waals surface area contributed by atoms with Crippen LogP contribution in [0.2, 0.25) is 0 Å². The normalized spacial score (nSPS) is 10.4. The molecule has 126 valence electrons. The summed E-state index contributed by atoms with van der Waals surface area (Å²) in [6.45, 7) is 6.05. The molecular formula is C22H21NO2. The molecule has 0 heterocycles. The van der Waals surface area contributed by atoms with Gasteiger partial charge >= 0.3 is 0 Å². The summed E-state index contributed by atoms with van der Waals surface area (Å²) in [5, 5.41) is 2.90. The van der Waals surface area contributed by atoms with Crippen molar-refractivity contribution in [3.63, 3.8) is 0 Å². The molecular weight excluding hydrogens is 310 g/mol. The third-order valence-electron chi connectivity index (χ3n) is 4.05. The number of ether oxygens (including phenoxy) is 1. The van der Waals surface area contributed by atoms with Gasteiger partial charge in [0.25, 0.3) is 5.91 Å². The molecule has 0 unspecified atom stereocenters. The number of hydrogen-bond acceptors (Lipinski definition) is 2. The minimum absolute atomic E-state index is 0.122. The van der Waals surface area contributed by atoms with E-state index < -0.39 is 0 Å². The van der Waals surface area contributed by atoms with Gasteiger partial charge in [-0.15, -0.1) is 0 Å². The molecule has 0 spiro atoms. The number of carbonyl (C=O) groups excluding carboxylic acids is 1. The Kier molecular flexibility index (Phi) is 4.85. The van der Waals surface area contributed by atoms with Crippen molar-refractivity contribution in [2.75, 3.05) is 5.32 Å². The maximum Gasteiger partial charge on any atom is 0.255 e. The Morgan fingerprint density at radius 1 is 0.800 bits per heavy atom. The number of anilines is 1. The van der Waals surface area contributed by atoms with Crippen molar-refractivity contribution in [2.24, 2.45) is 0 Å². The van der Waals surface area contributed by atoms with Crippen molar-refractivity contribution in [2.45, 2.75) is 20.8 Å². The second kappa shape index (κ2) is 7.22. The van der Waals surface area contributed by atoms with Gasteiger partial charge in [-0.05, 0) is 68.3 Å². The lowest BCUT2D eigenvalue weighted by Gasteiger charge is -2.12. The van der Waals surface area contributed by atoms with Gasteiger partial charge in [-0.3, -0.25) is 4.79 Å². The maximum atomic E-state index is 12.2. The Morgan fingerprint density at radius 2 is 1.40 bits per heavy atom. The number of benzene rings is 3. The van der Waals surface area contributed by atoms with Gasteiger partial charge in [0.1, 0.15) is 11.5 Å². The molecule has 0 atom stereocenters. The third kappa shape index (κ3) is 4.07. The van der Waals surface area contributed by atoms with E-state index in [1.165, 1.54) is 0 Å². The van der Waals surface area contributed by atoms with E-state index in [1.54, 1.807) is 0 Å². The zero-order chi connectivity index (χ0) is 17.8. The first-order chi connectivity index (χ1) is 12.0. The van der Waals surface area contributed by atoms with Gasteiger partial charge in [-0.2, -0.15) is 0 Å². The molecule has 25 heavy (non-hydrogen) atoms. The predicted octanol–water partition coefficient (Wildman–Crippen LogP) is 5.66. The van der Waals surface area contributed by atoms with Crippen molar-refractivity contribution in [3.8, 4) is 11.5 Å². The van der Waals surface area contributed by atoms with Gasteiger partial charge in [0.05, 0.1) is 0 Å². The highest BCUT2D eigenvalue weighted by Crippen LogP contribution is 2.29. The smallest absolute Gasteiger partial charge is 0.255 e. The van der Waals surface area contributed by atoms with E-state index in [1.807, 2.05) is 87.5 Å². The van der Waals surface area contributed by atoms with Crippen LogP contribution in [0.4, 0.5) is 5.69 Å². The summed E-state index contributed by atoms with van der Waals surface area (Å²) in [7, 11) is 0. The Balaban J connectivity index is 1.70. The van der Waals surface area contributed by atoms with Crippen molar-refractivity contribution >= 4 is 11.6 Å². The standard InChI is InChI=1S/C22H21NO2/c1-15-7-9-18(10-8-15)22(24)23-19-11-13-20(14-12-19)25-21-16(2)5-4-6-17(21)3/h4-14H,1-3H3,(H,23,24). The van der Waals surface area contributed by atoms with E-state index in [0.717, 1.165) is 33.9 Å². The second-order valence-electron chi connectivity index (χ2n) is 6.17. The van der Waals surface area contributed by atoms with E-state index in [-0.39, 0.29) is 5.91 Å². The van der Waals surface area contributed by atoms with Crippen LogP contribution in [-0.4, -0.2) is 5.91 Å². The van der Waals surface area contributed by atoms with Crippen LogP contribution in [0.25, 0.3) is 0 Å². The molecule has 0 radical (unpaired) electrons. The topological polar surface area (TPSA) is 38.3 Å². The van der Waals surface area contributed by atoms with Crippen molar-refractivity contribution < 1.29 is 9.53 Å². The average molecular weight is 331 g/mol. The first kappa shape index (κ1) is 16.8. The van der Waals surface area contributed by atoms with Crippen LogP contribution in [0.15, 0.2) is 66.7 Å². The lowest BCUT2D eigenvalue weighted by Crippen LogP contribution is -2.11. The molecule has 0 aromatic heterocycles. The molecule has 1 amide bonds. The van der Waals surface area contributed by atoms with E-state index in [0.29, 0.717) is 5.56 Å². The molecule has 0 fully saturated rings. The van der Waals surface area contributed by atoms with Crippen LogP contribution < -0.4 is 10.1 Å². The van der Waals surface area contributed by atoms with Crippen LogP contribution in [-0.2, 0) is 0 Å². The molecule has 3 aromatic rings. The summed E-state index contributed by atoms with van der Waals surface area (Å²) >= 11 is 0. The average Bonchev–Trinajstić information content (AvgIpc) is 2.60. The predicted molar refractivity (Wildman–Crippen MR) is 102 cm³/mol. The largest absolute Gasteiger partial charge is 0.457 e. The van der Waals surface area contributed by atoms with Gasteiger partial charge in [0.15, 0.2) is 0 Å². The summed E-state index contributed by atoms with van der Waals surface area (Å²) in [6, 6.07) is 21.0. The summed E-state index contributed by atoms with van der Waals surface area (Å²) in [5.41, 5.74) is 4.69. The fraction of sp³-hybridized carbons (Fsp3) is 0.136. The maximum absolute atomic E-state index is 12.2. The first-order valence-electron chi connectivity index (χ1n) is 8.25. The van der Waals surface area contributed by atoms with Crippen LogP contribution >= 0.6 is 0 Å². The van der Waals surface area contributed by atoms with Crippen LogP contribution in [0.1, 0.15) is 27.0 Å². The summed E-state index contributed by atoms with van der Waals surface area (Å²) in [4.78, 5) is 12.2. The molecule has 3 rings (SSSR count). The Morgan fingerprint density at radius 3 is 2.00 bits per heavy atom. The Bertz CT molecular complexity index is 861. The third-order valence-corrected chi connectivity index (χ3v) is 4.05. The van der Waals surface area contributed by atoms with Gasteiger partial charge in [-0.1, -0.05) is 35.9 Å². The van der Waals surface area contributed by atoms with Gasteiger partial charge in [-0.25, -0.2) is 0 Å². The fourth-order valence-corrected chi connectivity index (χ4v) is 2.59.